The lowest BCUT2D eigenvalue weighted by Gasteiger charge is -2.32. The van der Waals surface area contributed by atoms with Crippen LogP contribution in [0.3, 0.4) is 0 Å². The van der Waals surface area contributed by atoms with Crippen LogP contribution in [0.15, 0.2) is 77.8 Å². The molecule has 208 valence electrons. The van der Waals surface area contributed by atoms with Crippen LogP contribution >= 0.6 is 11.8 Å². The molecule has 1 aliphatic rings. The summed E-state index contributed by atoms with van der Waals surface area (Å²) in [5.41, 5.74) is 2.40. The van der Waals surface area contributed by atoms with E-state index in [0.717, 1.165) is 5.56 Å². The molecule has 0 aliphatic carbocycles. The van der Waals surface area contributed by atoms with Crippen molar-refractivity contribution in [3.8, 4) is 11.5 Å². The fraction of sp³-hybridized carbons (Fsp3) is 0.267. The number of hydrogen-bond acceptors (Lipinski definition) is 8. The van der Waals surface area contributed by atoms with Gasteiger partial charge in [0.2, 0.25) is 11.8 Å². The van der Waals surface area contributed by atoms with Crippen LogP contribution in [-0.4, -0.2) is 53.4 Å². The van der Waals surface area contributed by atoms with Crippen LogP contribution in [0, 0.1) is 0 Å². The van der Waals surface area contributed by atoms with Crippen LogP contribution in [0.1, 0.15) is 36.2 Å². The minimum atomic E-state index is -0.687. The summed E-state index contributed by atoms with van der Waals surface area (Å²) in [6.45, 7) is 4.70. The van der Waals surface area contributed by atoms with Gasteiger partial charge in [0.05, 0.1) is 38.1 Å². The average Bonchev–Trinajstić information content (AvgIpc) is 2.96. The quantitative estimate of drug-likeness (QED) is 0.329. The highest BCUT2D eigenvalue weighted by molar-refractivity contribution is 8.15. The number of methoxy groups -OCH3 is 1. The molecule has 1 heterocycles. The Labute approximate surface area is 237 Å². The minimum Gasteiger partial charge on any atom is -0.497 e. The lowest BCUT2D eigenvalue weighted by molar-refractivity contribution is -0.129. The number of carbonyl (C=O) groups excluding carboxylic acids is 3. The number of nitrogens with one attached hydrogen (secondary N) is 1. The highest BCUT2D eigenvalue weighted by atomic mass is 32.2. The fourth-order valence-corrected chi connectivity index (χ4v) is 5.06. The zero-order valence-corrected chi connectivity index (χ0v) is 23.4. The number of carbonyl (C=O) groups is 3. The minimum absolute atomic E-state index is 0.0125. The normalized spacial score (nSPS) is 16.0. The van der Waals surface area contributed by atoms with Crippen molar-refractivity contribution in [1.29, 1.82) is 0 Å². The second-order valence-corrected chi connectivity index (χ2v) is 9.92. The summed E-state index contributed by atoms with van der Waals surface area (Å²) in [4.78, 5) is 44.9. The summed E-state index contributed by atoms with van der Waals surface area (Å²) >= 11 is 1.22. The molecule has 1 N–H and O–H groups in total. The van der Waals surface area contributed by atoms with Crippen molar-refractivity contribution in [1.82, 2.24) is 4.90 Å². The van der Waals surface area contributed by atoms with Gasteiger partial charge >= 0.3 is 5.97 Å². The van der Waals surface area contributed by atoms with Gasteiger partial charge in [0.1, 0.15) is 16.7 Å². The first-order valence-corrected chi connectivity index (χ1v) is 13.8. The van der Waals surface area contributed by atoms with E-state index in [1.807, 2.05) is 37.3 Å². The van der Waals surface area contributed by atoms with E-state index in [1.54, 1.807) is 61.4 Å². The SMILES string of the molecule is CCOC(=O)c1ccc(N=C2SC(C(=O)Nc3cccc(OCC)c3)CC(=O)N2Cc2ccc(OC)cc2)cc1. The van der Waals surface area contributed by atoms with Crippen molar-refractivity contribution >= 4 is 46.1 Å². The molecule has 1 atom stereocenters. The standard InChI is InChI=1S/C30H31N3O6S/c1-4-38-25-8-6-7-23(17-25)31-28(35)26-18-27(34)33(19-20-9-15-24(37-3)16-10-20)30(40-26)32-22-13-11-21(12-14-22)29(36)39-5-2/h6-17,26H,4-5,18-19H2,1-3H3,(H,31,35). The van der Waals surface area contributed by atoms with Crippen molar-refractivity contribution < 1.29 is 28.6 Å². The van der Waals surface area contributed by atoms with Crippen LogP contribution in [0.25, 0.3) is 0 Å². The molecule has 0 bridgehead atoms. The molecule has 0 saturated carbocycles. The van der Waals surface area contributed by atoms with E-state index in [1.165, 1.54) is 11.8 Å². The first kappa shape index (κ1) is 28.7. The topological polar surface area (TPSA) is 107 Å². The largest absolute Gasteiger partial charge is 0.497 e. The van der Waals surface area contributed by atoms with E-state index in [0.29, 0.717) is 40.2 Å². The zero-order chi connectivity index (χ0) is 28.5. The number of hydrogen-bond donors (Lipinski definition) is 1. The van der Waals surface area contributed by atoms with E-state index in [-0.39, 0.29) is 31.4 Å². The van der Waals surface area contributed by atoms with Crippen LogP contribution in [-0.2, 0) is 20.9 Å². The summed E-state index contributed by atoms with van der Waals surface area (Å²) < 4.78 is 15.8. The number of amides is 2. The van der Waals surface area contributed by atoms with E-state index in [4.69, 9.17) is 19.2 Å². The summed E-state index contributed by atoms with van der Waals surface area (Å²) in [6, 6.07) is 21.1. The number of thioether (sulfide) groups is 1. The Morgan fingerprint density at radius 1 is 1.00 bits per heavy atom. The zero-order valence-electron chi connectivity index (χ0n) is 22.6. The number of anilines is 1. The molecule has 2 amide bonds. The van der Waals surface area contributed by atoms with Crippen molar-refractivity contribution in [3.63, 3.8) is 0 Å². The molecular formula is C30H31N3O6S. The number of esters is 1. The third-order valence-electron chi connectivity index (χ3n) is 5.95. The third-order valence-corrected chi connectivity index (χ3v) is 7.14. The van der Waals surface area contributed by atoms with Gasteiger partial charge in [0.25, 0.3) is 0 Å². The van der Waals surface area contributed by atoms with Crippen LogP contribution in [0.5, 0.6) is 11.5 Å². The molecule has 1 aliphatic heterocycles. The monoisotopic (exact) mass is 561 g/mol. The first-order chi connectivity index (χ1) is 19.4. The number of ether oxygens (including phenoxy) is 3. The number of benzene rings is 3. The Morgan fingerprint density at radius 3 is 2.42 bits per heavy atom. The van der Waals surface area contributed by atoms with Crippen molar-refractivity contribution in [2.75, 3.05) is 25.6 Å². The Morgan fingerprint density at radius 2 is 1.75 bits per heavy atom. The Bertz CT molecular complexity index is 1370. The summed E-state index contributed by atoms with van der Waals surface area (Å²) in [7, 11) is 1.59. The van der Waals surface area contributed by atoms with Gasteiger partial charge in [-0.1, -0.05) is 30.0 Å². The van der Waals surface area contributed by atoms with E-state index >= 15 is 0 Å². The van der Waals surface area contributed by atoms with Gasteiger partial charge in [0, 0.05) is 18.2 Å². The second kappa shape index (κ2) is 13.7. The molecule has 10 heteroatoms. The Hall–Kier alpha value is -4.31. The molecule has 1 saturated heterocycles. The van der Waals surface area contributed by atoms with Crippen LogP contribution < -0.4 is 14.8 Å². The maximum atomic E-state index is 13.4. The lowest BCUT2D eigenvalue weighted by Crippen LogP contribution is -2.44. The van der Waals surface area contributed by atoms with Crippen LogP contribution in [0.4, 0.5) is 11.4 Å². The van der Waals surface area contributed by atoms with Gasteiger partial charge in [-0.15, -0.1) is 0 Å². The lowest BCUT2D eigenvalue weighted by atomic mass is 10.2. The molecule has 0 radical (unpaired) electrons. The molecule has 0 aromatic heterocycles. The maximum absolute atomic E-state index is 13.4. The van der Waals surface area contributed by atoms with Gasteiger partial charge in [-0.25, -0.2) is 9.79 Å². The smallest absolute Gasteiger partial charge is 0.338 e. The summed E-state index contributed by atoms with van der Waals surface area (Å²) in [5, 5.41) is 2.59. The number of rotatable bonds is 10. The molecule has 3 aromatic carbocycles. The molecule has 1 fully saturated rings. The second-order valence-electron chi connectivity index (χ2n) is 8.75. The third kappa shape index (κ3) is 7.41. The Kier molecular flexibility index (Phi) is 9.80. The molecule has 40 heavy (non-hydrogen) atoms. The van der Waals surface area contributed by atoms with Gasteiger partial charge in [-0.3, -0.25) is 14.5 Å². The molecular weight excluding hydrogens is 530 g/mol. The first-order valence-electron chi connectivity index (χ1n) is 12.9. The van der Waals surface area contributed by atoms with Crippen LogP contribution in [0.2, 0.25) is 0 Å². The number of amidine groups is 1. The van der Waals surface area contributed by atoms with Crippen molar-refractivity contribution in [2.24, 2.45) is 4.99 Å². The molecule has 1 unspecified atom stereocenters. The molecule has 9 nitrogen and oxygen atoms in total. The predicted octanol–water partition coefficient (Wildman–Crippen LogP) is 5.43. The summed E-state index contributed by atoms with van der Waals surface area (Å²) in [5.74, 6) is 0.409. The highest BCUT2D eigenvalue weighted by Crippen LogP contribution is 2.32. The van der Waals surface area contributed by atoms with Gasteiger partial charge in [-0.05, 0) is 67.9 Å². The van der Waals surface area contributed by atoms with E-state index in [9.17, 15) is 14.4 Å². The highest BCUT2D eigenvalue weighted by Gasteiger charge is 2.36. The summed E-state index contributed by atoms with van der Waals surface area (Å²) in [6.07, 6.45) is 0.0125. The van der Waals surface area contributed by atoms with E-state index < -0.39 is 11.2 Å². The maximum Gasteiger partial charge on any atom is 0.338 e. The fourth-order valence-electron chi connectivity index (χ4n) is 3.96. The molecule has 3 aromatic rings. The predicted molar refractivity (Wildman–Crippen MR) is 155 cm³/mol. The number of aliphatic imine (C=N–C) groups is 1. The van der Waals surface area contributed by atoms with Crippen molar-refractivity contribution in [3.05, 3.63) is 83.9 Å². The Balaban J connectivity index is 1.58. The molecule has 4 rings (SSSR count). The van der Waals surface area contributed by atoms with Crippen molar-refractivity contribution in [2.45, 2.75) is 32.1 Å². The number of nitrogens with zero attached hydrogens (tertiary/aromatic N) is 2. The van der Waals surface area contributed by atoms with E-state index in [2.05, 4.69) is 5.32 Å². The average molecular weight is 562 g/mol. The van der Waals surface area contributed by atoms with Gasteiger partial charge in [-0.2, -0.15) is 0 Å². The van der Waals surface area contributed by atoms with Gasteiger partial charge < -0.3 is 19.5 Å². The van der Waals surface area contributed by atoms with Gasteiger partial charge in [0.15, 0.2) is 5.17 Å². The molecule has 0 spiro atoms.